The van der Waals surface area contributed by atoms with E-state index in [0.717, 1.165) is 72.1 Å². The summed E-state index contributed by atoms with van der Waals surface area (Å²) >= 11 is 0. The summed E-state index contributed by atoms with van der Waals surface area (Å²) < 4.78 is 24.2. The summed E-state index contributed by atoms with van der Waals surface area (Å²) in [5, 5.41) is 14.2. The Labute approximate surface area is 574 Å². The van der Waals surface area contributed by atoms with E-state index in [-0.39, 0.29) is 40.1 Å². The predicted molar refractivity (Wildman–Crippen MR) is 367 cm³/mol. The average molecular weight is 1350 g/mol. The van der Waals surface area contributed by atoms with Crippen molar-refractivity contribution in [2.24, 2.45) is 22.9 Å². The van der Waals surface area contributed by atoms with Crippen LogP contribution in [0.2, 0.25) is 0 Å². The molecule has 21 nitrogen and oxygen atoms in total. The van der Waals surface area contributed by atoms with Crippen molar-refractivity contribution in [2.45, 2.75) is 179 Å². The Hall–Kier alpha value is -8.18. The molecule has 12 N–H and O–H groups in total. The molecule has 0 aliphatic rings. The van der Waals surface area contributed by atoms with Crippen LogP contribution in [0.25, 0.3) is 21.8 Å². The molecule has 0 atom stereocenters. The Kier molecular flexibility index (Phi) is 34.3. The number of anilines is 2. The SMILES string of the molecule is C.CC(C)(C)OC(=O)NCc1ccc(CN)cc1.CC(C)(C)OC(=O)OC(=O)OC(C)(C)C.Cc1nc(NCc2ccc(CN)cc2)nc2ccccc12.Cc1nc(NCc2ccc(CNC(=O)OC(C)(C)C)cc2)nc2ccccc12.NCc1ccc(CN)cc1.[Y]. The van der Waals surface area contributed by atoms with Crippen LogP contribution in [0.3, 0.4) is 0 Å². The molecular formula is C71H98N12O9Y. The third kappa shape index (κ3) is 33.3. The molecule has 8 aromatic rings. The van der Waals surface area contributed by atoms with Gasteiger partial charge < -0.3 is 67.9 Å². The summed E-state index contributed by atoms with van der Waals surface area (Å²) in [4.78, 5) is 63.3. The number of ether oxygens (including phenoxy) is 5. The number of rotatable bonds is 14. The van der Waals surface area contributed by atoms with E-state index in [9.17, 15) is 19.2 Å². The number of benzene rings is 6. The molecule has 0 fully saturated rings. The van der Waals surface area contributed by atoms with Crippen LogP contribution in [0, 0.1) is 13.8 Å². The van der Waals surface area contributed by atoms with E-state index in [1.165, 1.54) is 5.56 Å². The summed E-state index contributed by atoms with van der Waals surface area (Å²) in [5.74, 6) is 1.28. The molecule has 0 bridgehead atoms. The molecule has 8 rings (SSSR count). The average Bonchev–Trinajstić information content (AvgIpc) is 0.867. The molecule has 2 aromatic heterocycles. The monoisotopic (exact) mass is 1350 g/mol. The fourth-order valence-electron chi connectivity index (χ4n) is 7.75. The number of amides is 2. The molecule has 6 aromatic carbocycles. The third-order valence-electron chi connectivity index (χ3n) is 12.1. The van der Waals surface area contributed by atoms with Gasteiger partial charge in [0.2, 0.25) is 11.9 Å². The maximum Gasteiger partial charge on any atom is 0.519 e. The quantitative estimate of drug-likeness (QED) is 0.0285. The molecule has 0 unspecified atom stereocenters. The van der Waals surface area contributed by atoms with Crippen molar-refractivity contribution < 1.29 is 75.6 Å². The van der Waals surface area contributed by atoms with Gasteiger partial charge in [0.05, 0.1) is 22.4 Å². The zero-order valence-electron chi connectivity index (χ0n) is 55.9. The predicted octanol–water partition coefficient (Wildman–Crippen LogP) is 13.9. The molecule has 1 radical (unpaired) electrons. The Balaban J connectivity index is 0.000000409. The number of carbonyl (C=O) groups excluding carboxylic acids is 4. The van der Waals surface area contributed by atoms with E-state index >= 15 is 0 Å². The van der Waals surface area contributed by atoms with Gasteiger partial charge in [-0.1, -0.05) is 141 Å². The molecule has 0 aliphatic carbocycles. The van der Waals surface area contributed by atoms with Crippen molar-refractivity contribution in [3.05, 3.63) is 201 Å². The first-order valence-corrected chi connectivity index (χ1v) is 30.0. The van der Waals surface area contributed by atoms with Crippen molar-refractivity contribution in [3.63, 3.8) is 0 Å². The second-order valence-corrected chi connectivity index (χ2v) is 24.8. The fraction of sp³-hybridized carbons (Fsp3) is 0.380. The molecule has 0 saturated carbocycles. The number of hydrogen-bond donors (Lipinski definition) is 8. The first-order valence-electron chi connectivity index (χ1n) is 30.0. The van der Waals surface area contributed by atoms with Crippen LogP contribution in [0.1, 0.15) is 146 Å². The standard InChI is InChI=1S/C22H26N4O2.C17H18N4.C13H20N2O2.C10H18O5.C8H12N2.CH4.Y/c1-15-18-7-5-6-8-19(18)26-20(25-15)23-13-16-9-11-17(12-10-16)14-24-21(27)28-22(2,3)4;1-12-15-4-2-3-5-16(15)21-17(20-12)19-11-14-8-6-13(10-18)7-9-14;1-13(2,3)17-12(16)15-9-11-6-4-10(8-14)5-7-11;1-9(2,3)14-7(11)13-8(12)15-10(4,5)6;9-5-7-1-2-8(6-10)4-3-7;;/h5-12H,13-14H2,1-4H3,(H,24,27)(H,23,25,26);2-9H,10-11,18H2,1H3,(H,19,20,21);4-7H,8-9,14H2,1-3H3,(H,15,16);1-6H3;1-4H,5-6,9-10H2;1H4;. The Morgan fingerprint density at radius 1 is 0.366 bits per heavy atom. The minimum absolute atomic E-state index is 0. The number of carbonyl (C=O) groups is 4. The molecule has 0 spiro atoms. The van der Waals surface area contributed by atoms with Crippen molar-refractivity contribution in [3.8, 4) is 0 Å². The first-order chi connectivity index (χ1) is 42.8. The van der Waals surface area contributed by atoms with Crippen molar-refractivity contribution in [2.75, 3.05) is 10.6 Å². The maximum atomic E-state index is 11.7. The number of fused-ring (bicyclic) bond motifs is 2. The van der Waals surface area contributed by atoms with E-state index < -0.39 is 46.9 Å². The number of nitrogens with two attached hydrogens (primary N) is 4. The summed E-state index contributed by atoms with van der Waals surface area (Å²) in [6.07, 6.45) is -2.93. The molecule has 499 valence electrons. The minimum Gasteiger partial charge on any atom is -0.444 e. The normalized spacial score (nSPS) is 10.8. The van der Waals surface area contributed by atoms with Crippen LogP contribution in [0.4, 0.5) is 31.1 Å². The van der Waals surface area contributed by atoms with Gasteiger partial charge in [0.15, 0.2) is 0 Å². The van der Waals surface area contributed by atoms with E-state index in [2.05, 4.69) is 58.1 Å². The molecule has 22 heteroatoms. The van der Waals surface area contributed by atoms with Gasteiger partial charge in [-0.2, -0.15) is 0 Å². The summed E-state index contributed by atoms with van der Waals surface area (Å²) in [6.45, 7) is 29.6. The maximum absolute atomic E-state index is 11.7. The number of alkyl carbamates (subject to hydrolysis) is 2. The van der Waals surface area contributed by atoms with Crippen LogP contribution in [0.5, 0.6) is 0 Å². The van der Waals surface area contributed by atoms with Crippen LogP contribution < -0.4 is 44.2 Å². The number of para-hydroxylation sites is 2. The van der Waals surface area contributed by atoms with Gasteiger partial charge in [-0.05, 0) is 154 Å². The first kappa shape index (κ1) is 80.9. The van der Waals surface area contributed by atoms with Crippen molar-refractivity contribution in [1.82, 2.24) is 30.6 Å². The second kappa shape index (κ2) is 39.4. The Morgan fingerprint density at radius 2 is 0.613 bits per heavy atom. The minimum atomic E-state index is -1.06. The molecule has 2 heterocycles. The van der Waals surface area contributed by atoms with Crippen molar-refractivity contribution >= 4 is 58.2 Å². The fourth-order valence-corrected chi connectivity index (χ4v) is 7.75. The molecule has 2 amide bonds. The van der Waals surface area contributed by atoms with Gasteiger partial charge >= 0.3 is 24.5 Å². The number of aromatic nitrogens is 4. The van der Waals surface area contributed by atoms with E-state index in [0.29, 0.717) is 64.3 Å². The Bertz CT molecular complexity index is 3500. The van der Waals surface area contributed by atoms with Gasteiger partial charge in [0, 0.05) is 95.8 Å². The van der Waals surface area contributed by atoms with Gasteiger partial charge in [-0.25, -0.2) is 39.1 Å². The number of aryl methyl sites for hydroxylation is 2. The summed E-state index contributed by atoms with van der Waals surface area (Å²) in [7, 11) is 0. The van der Waals surface area contributed by atoms with Gasteiger partial charge in [-0.15, -0.1) is 0 Å². The van der Waals surface area contributed by atoms with Crippen LogP contribution in [-0.2, 0) is 109 Å². The van der Waals surface area contributed by atoms with Gasteiger partial charge in [0.25, 0.3) is 0 Å². The van der Waals surface area contributed by atoms with E-state index in [1.807, 2.05) is 189 Å². The molecule has 0 aliphatic heterocycles. The molecule has 93 heavy (non-hydrogen) atoms. The van der Waals surface area contributed by atoms with E-state index in [4.69, 9.17) is 41.9 Å². The van der Waals surface area contributed by atoms with E-state index in [1.54, 1.807) is 41.5 Å². The third-order valence-corrected chi connectivity index (χ3v) is 12.1. The topological polar surface area (TPSA) is 318 Å². The van der Waals surface area contributed by atoms with Gasteiger partial charge in [-0.3, -0.25) is 0 Å². The smallest absolute Gasteiger partial charge is 0.444 e. The molecular weight excluding hydrogens is 1250 g/mol. The summed E-state index contributed by atoms with van der Waals surface area (Å²) in [5.41, 5.74) is 32.2. The van der Waals surface area contributed by atoms with Crippen LogP contribution in [0.15, 0.2) is 146 Å². The van der Waals surface area contributed by atoms with Crippen LogP contribution in [-0.4, -0.2) is 66.8 Å². The zero-order valence-corrected chi connectivity index (χ0v) is 58.7. The second-order valence-electron chi connectivity index (χ2n) is 24.8. The van der Waals surface area contributed by atoms with Gasteiger partial charge in [0.1, 0.15) is 22.4 Å². The molecule has 0 saturated heterocycles. The largest absolute Gasteiger partial charge is 0.519 e. The Morgan fingerprint density at radius 3 is 0.871 bits per heavy atom. The number of hydrogen-bond acceptors (Lipinski definition) is 19. The number of nitrogens with zero attached hydrogens (tertiary/aromatic N) is 4. The van der Waals surface area contributed by atoms with Crippen LogP contribution >= 0.6 is 0 Å². The zero-order chi connectivity index (χ0) is 67.4. The van der Waals surface area contributed by atoms with Crippen molar-refractivity contribution in [1.29, 1.82) is 0 Å². The summed E-state index contributed by atoms with van der Waals surface area (Å²) in [6, 6.07) is 48.1. The number of nitrogens with one attached hydrogen (secondary N) is 4.